The molecule has 1 aromatic heterocycles. The van der Waals surface area contributed by atoms with Crippen LogP contribution in [0, 0.1) is 5.41 Å². The molecular formula is C28H27F6N5O3. The minimum Gasteiger partial charge on any atom is -0.480 e. The molecule has 42 heavy (non-hydrogen) atoms. The van der Waals surface area contributed by atoms with Crippen LogP contribution < -0.4 is 20.7 Å². The number of piperidine rings is 1. The van der Waals surface area contributed by atoms with Crippen molar-refractivity contribution in [3.8, 4) is 17.0 Å². The molecule has 4 N–H and O–H groups in total. The summed E-state index contributed by atoms with van der Waals surface area (Å²) in [6, 6.07) is 9.93. The van der Waals surface area contributed by atoms with E-state index in [-0.39, 0.29) is 33.9 Å². The van der Waals surface area contributed by atoms with Crippen molar-refractivity contribution >= 4 is 17.7 Å². The van der Waals surface area contributed by atoms with E-state index in [1.807, 2.05) is 4.90 Å². The second-order valence-electron chi connectivity index (χ2n) is 10.6. The maximum atomic E-state index is 14.1. The van der Waals surface area contributed by atoms with Crippen LogP contribution in [0.3, 0.4) is 0 Å². The molecule has 2 atom stereocenters. The summed E-state index contributed by atoms with van der Waals surface area (Å²) in [4.78, 5) is 21.2. The van der Waals surface area contributed by atoms with Crippen LogP contribution in [0.5, 0.6) is 5.88 Å². The van der Waals surface area contributed by atoms with Gasteiger partial charge in [0.25, 0.3) is 0 Å². The van der Waals surface area contributed by atoms with Crippen molar-refractivity contribution in [1.29, 1.82) is 0 Å². The first kappa shape index (κ1) is 29.4. The second kappa shape index (κ2) is 11.0. The first-order valence-corrected chi connectivity index (χ1v) is 13.1. The zero-order valence-corrected chi connectivity index (χ0v) is 22.0. The zero-order chi connectivity index (χ0) is 30.3. The van der Waals surface area contributed by atoms with Gasteiger partial charge in [-0.3, -0.25) is 4.79 Å². The van der Waals surface area contributed by atoms with Crippen LogP contribution in [0.4, 0.5) is 38.1 Å². The van der Waals surface area contributed by atoms with Crippen molar-refractivity contribution in [2.45, 2.75) is 43.8 Å². The molecule has 0 amide bonds. The summed E-state index contributed by atoms with van der Waals surface area (Å²) in [5.41, 5.74) is 4.32. The van der Waals surface area contributed by atoms with Gasteiger partial charge < -0.3 is 25.8 Å². The minimum absolute atomic E-state index is 0.0937. The van der Waals surface area contributed by atoms with Gasteiger partial charge in [-0.2, -0.15) is 36.3 Å². The second-order valence-corrected chi connectivity index (χ2v) is 10.6. The van der Waals surface area contributed by atoms with Crippen molar-refractivity contribution < 1.29 is 41.0 Å². The SMILES string of the molecule is Nc1nc(O[C@H](c2ccc(-c3ccccc3C(F)(F)F)cc2)C(F)(F)F)cc(N2CCC3(CC2)CN[C@H](C(=O)O)C3)n1. The predicted octanol–water partition coefficient (Wildman–Crippen LogP) is 5.46. The van der Waals surface area contributed by atoms with Crippen LogP contribution in [-0.4, -0.2) is 52.9 Å². The van der Waals surface area contributed by atoms with Crippen molar-refractivity contribution in [3.63, 3.8) is 0 Å². The number of nitrogen functional groups attached to an aromatic ring is 1. The largest absolute Gasteiger partial charge is 0.480 e. The quantitative estimate of drug-likeness (QED) is 0.322. The highest BCUT2D eigenvalue weighted by Gasteiger charge is 2.45. The summed E-state index contributed by atoms with van der Waals surface area (Å²) in [7, 11) is 0. The molecule has 14 heteroatoms. The van der Waals surface area contributed by atoms with Gasteiger partial charge in [-0.25, -0.2) is 0 Å². The number of halogens is 6. The number of aromatic nitrogens is 2. The number of nitrogens with one attached hydrogen (secondary N) is 1. The number of carboxylic acids is 1. The number of hydrogen-bond donors (Lipinski definition) is 3. The van der Waals surface area contributed by atoms with Crippen LogP contribution in [0.25, 0.3) is 11.1 Å². The normalized spacial score (nSPS) is 19.6. The standard InChI is InChI=1S/C28H27F6N5O3/c29-27(30,31)19-4-2-1-3-18(19)16-5-7-17(8-6-16)23(28(32,33)34)42-22-13-21(37-25(35)38-22)39-11-9-26(10-12-39)14-20(24(40)41)36-15-26/h1-8,13,20,23,36H,9-12,14-15H2,(H,40,41)(H2,35,37,38)/t20-,23+/m0/s1. The number of alkyl halides is 6. The lowest BCUT2D eigenvalue weighted by Gasteiger charge is -2.39. The van der Waals surface area contributed by atoms with Crippen molar-refractivity contribution in [3.05, 3.63) is 65.7 Å². The van der Waals surface area contributed by atoms with Gasteiger partial charge in [0.15, 0.2) is 0 Å². The molecule has 2 fully saturated rings. The molecule has 2 saturated heterocycles. The highest BCUT2D eigenvalue weighted by molar-refractivity contribution is 5.74. The Balaban J connectivity index is 1.34. The van der Waals surface area contributed by atoms with Crippen molar-refractivity contribution in [2.24, 2.45) is 5.41 Å². The summed E-state index contributed by atoms with van der Waals surface area (Å²) in [6.45, 7) is 1.52. The van der Waals surface area contributed by atoms with Gasteiger partial charge >= 0.3 is 18.3 Å². The monoisotopic (exact) mass is 595 g/mol. The van der Waals surface area contributed by atoms with Crippen molar-refractivity contribution in [2.75, 3.05) is 30.3 Å². The van der Waals surface area contributed by atoms with Gasteiger partial charge in [0.2, 0.25) is 17.9 Å². The minimum atomic E-state index is -4.89. The summed E-state index contributed by atoms with van der Waals surface area (Å²) in [5.74, 6) is -1.34. The first-order chi connectivity index (χ1) is 19.7. The van der Waals surface area contributed by atoms with Crippen LogP contribution in [-0.2, 0) is 11.0 Å². The number of benzene rings is 2. The number of carbonyl (C=O) groups is 1. The topological polar surface area (TPSA) is 114 Å². The first-order valence-electron chi connectivity index (χ1n) is 13.1. The van der Waals surface area contributed by atoms with E-state index in [2.05, 4.69) is 15.3 Å². The fourth-order valence-corrected chi connectivity index (χ4v) is 5.60. The third kappa shape index (κ3) is 6.22. The van der Waals surface area contributed by atoms with E-state index in [0.29, 0.717) is 38.9 Å². The zero-order valence-electron chi connectivity index (χ0n) is 22.0. The molecule has 0 unspecified atom stereocenters. The molecule has 0 bridgehead atoms. The molecule has 0 aliphatic carbocycles. The molecule has 1 spiro atoms. The predicted molar refractivity (Wildman–Crippen MR) is 141 cm³/mol. The van der Waals surface area contributed by atoms with Gasteiger partial charge in [0, 0.05) is 31.3 Å². The number of nitrogens with zero attached hydrogens (tertiary/aromatic N) is 3. The molecule has 5 rings (SSSR count). The highest BCUT2D eigenvalue weighted by Crippen LogP contribution is 2.42. The molecule has 2 aliphatic rings. The number of carboxylic acid groups (broad SMARTS) is 1. The molecule has 3 aromatic rings. The Bertz CT molecular complexity index is 1440. The lowest BCUT2D eigenvalue weighted by molar-refractivity contribution is -0.198. The molecule has 0 radical (unpaired) electrons. The Morgan fingerprint density at radius 3 is 2.31 bits per heavy atom. The van der Waals surface area contributed by atoms with E-state index >= 15 is 0 Å². The molecule has 0 saturated carbocycles. The Morgan fingerprint density at radius 2 is 1.71 bits per heavy atom. The third-order valence-corrected chi connectivity index (χ3v) is 7.81. The van der Waals surface area contributed by atoms with Gasteiger partial charge in [-0.1, -0.05) is 42.5 Å². The lowest BCUT2D eigenvalue weighted by Crippen LogP contribution is -2.41. The van der Waals surface area contributed by atoms with Crippen LogP contribution in [0.1, 0.15) is 36.5 Å². The summed E-state index contributed by atoms with van der Waals surface area (Å²) >= 11 is 0. The number of nitrogens with two attached hydrogens (primary N) is 1. The van der Waals surface area contributed by atoms with Crippen LogP contribution in [0.2, 0.25) is 0 Å². The van der Waals surface area contributed by atoms with Gasteiger partial charge in [0.05, 0.1) is 5.56 Å². The maximum Gasteiger partial charge on any atom is 0.429 e. The Labute approximate surface area is 236 Å². The van der Waals surface area contributed by atoms with E-state index in [1.54, 1.807) is 0 Å². The number of aliphatic carboxylic acids is 1. The van der Waals surface area contributed by atoms with E-state index < -0.39 is 41.9 Å². The van der Waals surface area contributed by atoms with E-state index in [4.69, 9.17) is 10.5 Å². The average molecular weight is 596 g/mol. The third-order valence-electron chi connectivity index (χ3n) is 7.81. The van der Waals surface area contributed by atoms with Crippen LogP contribution in [0.15, 0.2) is 54.6 Å². The molecule has 2 aliphatic heterocycles. The number of anilines is 2. The van der Waals surface area contributed by atoms with Gasteiger partial charge in [-0.15, -0.1) is 0 Å². The highest BCUT2D eigenvalue weighted by atomic mass is 19.4. The Hall–Kier alpha value is -4.07. The fraction of sp³-hybridized carbons (Fsp3) is 0.393. The number of hydrogen-bond acceptors (Lipinski definition) is 7. The molecule has 224 valence electrons. The Kier molecular flexibility index (Phi) is 7.68. The number of ether oxygens (including phenoxy) is 1. The fourth-order valence-electron chi connectivity index (χ4n) is 5.60. The molecular weight excluding hydrogens is 568 g/mol. The lowest BCUT2D eigenvalue weighted by atomic mass is 9.76. The van der Waals surface area contributed by atoms with E-state index in [0.717, 1.165) is 18.2 Å². The average Bonchev–Trinajstić information content (AvgIpc) is 3.35. The summed E-state index contributed by atoms with van der Waals surface area (Å²) in [5, 5.41) is 12.3. The Morgan fingerprint density at radius 1 is 1.05 bits per heavy atom. The maximum absolute atomic E-state index is 14.1. The van der Waals surface area contributed by atoms with E-state index in [9.17, 15) is 36.2 Å². The molecule has 2 aromatic carbocycles. The van der Waals surface area contributed by atoms with Gasteiger partial charge in [-0.05, 0) is 41.9 Å². The smallest absolute Gasteiger partial charge is 0.429 e. The molecule has 3 heterocycles. The van der Waals surface area contributed by atoms with Crippen LogP contribution >= 0.6 is 0 Å². The van der Waals surface area contributed by atoms with Gasteiger partial charge in [0.1, 0.15) is 11.9 Å². The van der Waals surface area contributed by atoms with E-state index in [1.165, 1.54) is 36.4 Å². The summed E-state index contributed by atoms with van der Waals surface area (Å²) < 4.78 is 88.1. The number of rotatable bonds is 6. The summed E-state index contributed by atoms with van der Waals surface area (Å²) in [6.07, 6.45) is -10.2. The van der Waals surface area contributed by atoms with Crippen molar-refractivity contribution in [1.82, 2.24) is 15.3 Å². The molecule has 8 nitrogen and oxygen atoms in total.